The molecule has 3 rings (SSSR count). The maximum atomic E-state index is 12.3. The van der Waals surface area contributed by atoms with Gasteiger partial charge in [0.25, 0.3) is 0 Å². The van der Waals surface area contributed by atoms with Gasteiger partial charge in [-0.3, -0.25) is 9.89 Å². The molecule has 5 nitrogen and oxygen atoms in total. The second kappa shape index (κ2) is 5.33. The Hall–Kier alpha value is -2.35. The van der Waals surface area contributed by atoms with Gasteiger partial charge >= 0.3 is 0 Å². The molecule has 0 radical (unpaired) electrons. The number of aromatic amines is 1. The number of benzene rings is 1. The first-order valence-electron chi connectivity index (χ1n) is 6.88. The minimum absolute atomic E-state index is 0.0303. The second-order valence-electron chi connectivity index (χ2n) is 5.21. The van der Waals surface area contributed by atoms with Crippen LogP contribution in [0.3, 0.4) is 0 Å². The Balaban J connectivity index is 1.76. The van der Waals surface area contributed by atoms with Crippen LogP contribution in [-0.4, -0.2) is 34.1 Å². The van der Waals surface area contributed by atoms with Crippen molar-refractivity contribution >= 4 is 16.8 Å². The van der Waals surface area contributed by atoms with Crippen LogP contribution in [0.2, 0.25) is 0 Å². The number of amides is 1. The molecule has 1 aliphatic heterocycles. The molecule has 0 saturated carbocycles. The van der Waals surface area contributed by atoms with E-state index in [1.807, 2.05) is 23.1 Å². The van der Waals surface area contributed by atoms with Crippen molar-refractivity contribution in [1.29, 1.82) is 5.26 Å². The first kappa shape index (κ1) is 12.7. The zero-order valence-electron chi connectivity index (χ0n) is 11.2. The normalized spacial score (nSPS) is 16.2. The van der Waals surface area contributed by atoms with E-state index in [2.05, 4.69) is 16.3 Å². The summed E-state index contributed by atoms with van der Waals surface area (Å²) in [6.45, 7) is 1.58. The topological polar surface area (TPSA) is 72.8 Å². The molecule has 0 spiro atoms. The average molecular weight is 268 g/mol. The maximum Gasteiger partial charge on any atom is 0.240 e. The number of H-pyrrole nitrogens is 1. The van der Waals surface area contributed by atoms with Crippen LogP contribution in [0.4, 0.5) is 0 Å². The molecule has 1 N–H and O–H groups in total. The summed E-state index contributed by atoms with van der Waals surface area (Å²) in [5, 5.41) is 17.1. The highest BCUT2D eigenvalue weighted by molar-refractivity contribution is 5.82. The zero-order chi connectivity index (χ0) is 13.9. The molecule has 1 unspecified atom stereocenters. The lowest BCUT2D eigenvalue weighted by Crippen LogP contribution is -2.34. The molecular weight excluding hydrogens is 252 g/mol. The van der Waals surface area contributed by atoms with Gasteiger partial charge in [-0.15, -0.1) is 0 Å². The number of nitrogens with zero attached hydrogens (tertiary/aromatic N) is 3. The van der Waals surface area contributed by atoms with Crippen LogP contribution in [-0.2, 0) is 11.2 Å². The zero-order valence-corrected chi connectivity index (χ0v) is 11.2. The summed E-state index contributed by atoms with van der Waals surface area (Å²) in [4.78, 5) is 14.1. The molecule has 102 valence electrons. The molecular formula is C15H16N4O. The molecule has 1 amide bonds. The van der Waals surface area contributed by atoms with E-state index in [1.54, 1.807) is 6.20 Å². The molecule has 1 saturated heterocycles. The van der Waals surface area contributed by atoms with Gasteiger partial charge in [-0.25, -0.2) is 0 Å². The average Bonchev–Trinajstić information content (AvgIpc) is 3.14. The molecule has 2 aromatic rings. The van der Waals surface area contributed by atoms with Gasteiger partial charge in [-0.2, -0.15) is 10.4 Å². The maximum absolute atomic E-state index is 12.3. The van der Waals surface area contributed by atoms with Gasteiger partial charge < -0.3 is 4.90 Å². The molecule has 0 bridgehead atoms. The molecule has 1 aliphatic rings. The van der Waals surface area contributed by atoms with Crippen molar-refractivity contribution in [2.75, 3.05) is 13.1 Å². The van der Waals surface area contributed by atoms with Crippen LogP contribution in [0.15, 0.2) is 24.4 Å². The first-order chi connectivity index (χ1) is 9.78. The standard InChI is InChI=1S/C15H16N4O/c16-9-12(15(20)19-5-1-2-6-19)7-11-3-4-14-13(8-11)10-17-18-14/h3-4,8,10,12H,1-2,5-7H2,(H,17,18). The van der Waals surface area contributed by atoms with Gasteiger partial charge in [0, 0.05) is 18.5 Å². The van der Waals surface area contributed by atoms with Crippen LogP contribution in [0.5, 0.6) is 0 Å². The van der Waals surface area contributed by atoms with Gasteiger partial charge in [0.05, 0.1) is 17.8 Å². The fourth-order valence-electron chi connectivity index (χ4n) is 2.70. The molecule has 20 heavy (non-hydrogen) atoms. The van der Waals surface area contributed by atoms with E-state index in [0.717, 1.165) is 42.4 Å². The molecule has 5 heteroatoms. The summed E-state index contributed by atoms with van der Waals surface area (Å²) in [6.07, 6.45) is 4.31. The third-order valence-corrected chi connectivity index (χ3v) is 3.82. The van der Waals surface area contributed by atoms with Crippen LogP contribution in [0.1, 0.15) is 18.4 Å². The Bertz CT molecular complexity index is 664. The monoisotopic (exact) mass is 268 g/mol. The van der Waals surface area contributed by atoms with E-state index in [1.165, 1.54) is 0 Å². The number of hydrogen-bond acceptors (Lipinski definition) is 3. The van der Waals surface area contributed by atoms with Crippen molar-refractivity contribution < 1.29 is 4.79 Å². The van der Waals surface area contributed by atoms with Crippen LogP contribution >= 0.6 is 0 Å². The van der Waals surface area contributed by atoms with Crippen LogP contribution in [0.25, 0.3) is 10.9 Å². The molecule has 0 aliphatic carbocycles. The second-order valence-corrected chi connectivity index (χ2v) is 5.21. The van der Waals surface area contributed by atoms with Gasteiger partial charge in [-0.1, -0.05) is 6.07 Å². The van der Waals surface area contributed by atoms with Gasteiger partial charge in [0.15, 0.2) is 0 Å². The van der Waals surface area contributed by atoms with Gasteiger partial charge in [0.1, 0.15) is 5.92 Å². The number of nitrogens with one attached hydrogen (secondary N) is 1. The van der Waals surface area contributed by atoms with E-state index >= 15 is 0 Å². The number of likely N-dealkylation sites (tertiary alicyclic amines) is 1. The van der Waals surface area contributed by atoms with E-state index in [-0.39, 0.29) is 5.91 Å². The van der Waals surface area contributed by atoms with E-state index < -0.39 is 5.92 Å². The third-order valence-electron chi connectivity index (χ3n) is 3.82. The summed E-state index contributed by atoms with van der Waals surface area (Å²) in [5.41, 5.74) is 1.96. The Morgan fingerprint density at radius 3 is 3.00 bits per heavy atom. The molecule has 2 heterocycles. The Morgan fingerprint density at radius 1 is 1.45 bits per heavy atom. The lowest BCUT2D eigenvalue weighted by Gasteiger charge is -2.18. The number of fused-ring (bicyclic) bond motifs is 1. The molecule has 1 fully saturated rings. The Labute approximate surface area is 117 Å². The van der Waals surface area contributed by atoms with E-state index in [9.17, 15) is 10.1 Å². The first-order valence-corrected chi connectivity index (χ1v) is 6.88. The minimum atomic E-state index is -0.586. The molecule has 1 atom stereocenters. The quantitative estimate of drug-likeness (QED) is 0.923. The highest BCUT2D eigenvalue weighted by Crippen LogP contribution is 2.19. The SMILES string of the molecule is N#CC(Cc1ccc2[nH]ncc2c1)C(=O)N1CCCC1. The van der Waals surface area contributed by atoms with Crippen molar-refractivity contribution in [2.24, 2.45) is 5.92 Å². The predicted molar refractivity (Wildman–Crippen MR) is 74.7 cm³/mol. The fraction of sp³-hybridized carbons (Fsp3) is 0.400. The summed E-state index contributed by atoms with van der Waals surface area (Å²) in [6, 6.07) is 8.02. The van der Waals surface area contributed by atoms with E-state index in [0.29, 0.717) is 6.42 Å². The minimum Gasteiger partial charge on any atom is -0.342 e. The van der Waals surface area contributed by atoms with Crippen molar-refractivity contribution in [1.82, 2.24) is 15.1 Å². The lowest BCUT2D eigenvalue weighted by molar-refractivity contribution is -0.132. The van der Waals surface area contributed by atoms with Gasteiger partial charge in [0.2, 0.25) is 5.91 Å². The number of carbonyl (C=O) groups is 1. The number of hydrogen-bond donors (Lipinski definition) is 1. The lowest BCUT2D eigenvalue weighted by atomic mass is 9.98. The fourth-order valence-corrected chi connectivity index (χ4v) is 2.70. The highest BCUT2D eigenvalue weighted by atomic mass is 16.2. The van der Waals surface area contributed by atoms with Crippen molar-refractivity contribution in [3.8, 4) is 6.07 Å². The smallest absolute Gasteiger partial charge is 0.240 e. The van der Waals surface area contributed by atoms with Crippen molar-refractivity contribution in [2.45, 2.75) is 19.3 Å². The van der Waals surface area contributed by atoms with Crippen molar-refractivity contribution in [3.05, 3.63) is 30.0 Å². The predicted octanol–water partition coefficient (Wildman–Crippen LogP) is 1.87. The summed E-state index contributed by atoms with van der Waals surface area (Å²) in [7, 11) is 0. The Morgan fingerprint density at radius 2 is 2.25 bits per heavy atom. The Kier molecular flexibility index (Phi) is 3.38. The number of aromatic nitrogens is 2. The molecule has 1 aromatic carbocycles. The van der Waals surface area contributed by atoms with Crippen LogP contribution < -0.4 is 0 Å². The summed E-state index contributed by atoms with van der Waals surface area (Å²) < 4.78 is 0. The van der Waals surface area contributed by atoms with Crippen LogP contribution in [0, 0.1) is 17.2 Å². The molecule has 1 aromatic heterocycles. The van der Waals surface area contributed by atoms with E-state index in [4.69, 9.17) is 0 Å². The highest BCUT2D eigenvalue weighted by Gasteiger charge is 2.26. The largest absolute Gasteiger partial charge is 0.342 e. The van der Waals surface area contributed by atoms with Crippen molar-refractivity contribution in [3.63, 3.8) is 0 Å². The summed E-state index contributed by atoms with van der Waals surface area (Å²) >= 11 is 0. The van der Waals surface area contributed by atoms with Gasteiger partial charge in [-0.05, 0) is 37.0 Å². The number of rotatable bonds is 3. The number of nitriles is 1. The number of carbonyl (C=O) groups excluding carboxylic acids is 1. The summed E-state index contributed by atoms with van der Waals surface area (Å²) in [5.74, 6) is -0.616. The third kappa shape index (κ3) is 2.37.